The molecular weight excluding hydrogens is 146 g/mol. The molecule has 0 aromatic heterocycles. The molecule has 2 N–H and O–H groups in total. The first kappa shape index (κ1) is 10.0. The van der Waals surface area contributed by atoms with Crippen LogP contribution in [0.25, 0.3) is 0 Å². The van der Waals surface area contributed by atoms with E-state index in [4.69, 9.17) is 10.4 Å². The summed E-state index contributed by atoms with van der Waals surface area (Å²) in [6, 6.07) is 0. The number of hydrazine groups is 1. The van der Waals surface area contributed by atoms with Crippen molar-refractivity contribution in [2.24, 2.45) is 5.28 Å². The van der Waals surface area contributed by atoms with E-state index in [1.807, 2.05) is 20.8 Å². The van der Waals surface area contributed by atoms with Gasteiger partial charge in [-0.25, -0.2) is 5.21 Å². The lowest BCUT2D eigenvalue weighted by molar-refractivity contribution is -0.946. The van der Waals surface area contributed by atoms with Gasteiger partial charge in [0.2, 0.25) is 0 Å². The lowest BCUT2D eigenvalue weighted by Crippen LogP contribution is -2.45. The van der Waals surface area contributed by atoms with Crippen molar-refractivity contribution in [1.82, 2.24) is 5.01 Å². The molecule has 0 aliphatic carbocycles. The summed E-state index contributed by atoms with van der Waals surface area (Å²) < 4.78 is 0. The zero-order valence-electron chi connectivity index (χ0n) is 7.44. The largest absolute Gasteiger partial charge is 0.357 e. The van der Waals surface area contributed by atoms with Crippen molar-refractivity contribution in [1.29, 1.82) is 0 Å². The van der Waals surface area contributed by atoms with E-state index in [-0.39, 0.29) is 5.54 Å². The number of hydrogen-bond donors (Lipinski definition) is 2. The minimum Gasteiger partial charge on any atom is -0.357 e. The van der Waals surface area contributed by atoms with Crippen molar-refractivity contribution < 1.29 is 15.4 Å². The van der Waals surface area contributed by atoms with E-state index >= 15 is 0 Å². The van der Waals surface area contributed by atoms with Gasteiger partial charge in [0.25, 0.3) is 10.2 Å². The fraction of sp³-hybridized carbons (Fsp3) is 1.00. The monoisotopic (exact) mass is 162 g/mol. The van der Waals surface area contributed by atoms with Crippen LogP contribution in [0, 0.1) is 0 Å². The standard InChI is InChI=1S/C6H15N3O2/c1-5-6(2,3)8(4)9(11)7-10/h11H,5H2,1-4H3/p+1. The Morgan fingerprint density at radius 2 is 2.00 bits per heavy atom. The van der Waals surface area contributed by atoms with Crippen molar-refractivity contribution in [3.05, 3.63) is 0 Å². The average molecular weight is 162 g/mol. The Hall–Kier alpha value is -1.00. The molecule has 5 heteroatoms. The highest BCUT2D eigenvalue weighted by Gasteiger charge is 2.31. The summed E-state index contributed by atoms with van der Waals surface area (Å²) >= 11 is 0. The van der Waals surface area contributed by atoms with Crippen molar-refractivity contribution in [2.75, 3.05) is 7.05 Å². The van der Waals surface area contributed by atoms with Crippen LogP contribution < -0.4 is 0 Å². The van der Waals surface area contributed by atoms with Crippen LogP contribution in [0.4, 0.5) is 0 Å². The normalized spacial score (nSPS) is 13.3. The molecule has 0 rings (SSSR count). The van der Waals surface area contributed by atoms with Gasteiger partial charge in [-0.15, -0.1) is 5.01 Å². The minimum atomic E-state index is -0.221. The zero-order valence-corrected chi connectivity index (χ0v) is 7.44. The molecule has 0 aliphatic rings. The Labute approximate surface area is 66.4 Å². The summed E-state index contributed by atoms with van der Waals surface area (Å²) in [6.45, 7) is 5.85. The first-order valence-corrected chi connectivity index (χ1v) is 3.53. The summed E-state index contributed by atoms with van der Waals surface area (Å²) in [6.07, 6.45) is 0.843. The Morgan fingerprint density at radius 3 is 2.27 bits per heavy atom. The quantitative estimate of drug-likeness (QED) is 0.373. The Morgan fingerprint density at radius 1 is 1.55 bits per heavy atom. The lowest BCUT2D eigenvalue weighted by atomic mass is 10.0. The highest BCUT2D eigenvalue weighted by atomic mass is 16.6. The second kappa shape index (κ2) is 3.41. The third-order valence-corrected chi connectivity index (χ3v) is 2.09. The van der Waals surface area contributed by atoms with E-state index in [0.717, 1.165) is 6.42 Å². The molecule has 0 radical (unpaired) electrons. The van der Waals surface area contributed by atoms with Crippen molar-refractivity contribution in [2.45, 2.75) is 32.7 Å². The molecule has 0 aliphatic heterocycles. The topological polar surface area (TPSA) is 59.1 Å². The fourth-order valence-electron chi connectivity index (χ4n) is 0.531. The van der Waals surface area contributed by atoms with E-state index in [1.165, 1.54) is 5.01 Å². The molecule has 5 nitrogen and oxygen atoms in total. The van der Waals surface area contributed by atoms with Gasteiger partial charge in [0.15, 0.2) is 0 Å². The average Bonchev–Trinajstić information content (AvgIpc) is 2.01. The van der Waals surface area contributed by atoms with Gasteiger partial charge in [-0.3, -0.25) is 0 Å². The smallest absolute Gasteiger partial charge is 0.271 e. The number of rotatable bonds is 3. The van der Waals surface area contributed by atoms with Crippen LogP contribution in [0.15, 0.2) is 5.28 Å². The Bertz CT molecular complexity index is 156. The van der Waals surface area contributed by atoms with E-state index in [0.29, 0.717) is 4.97 Å². The SMILES string of the molecule is CCC(C)(C)N(C)[N+](O)=NO. The predicted molar refractivity (Wildman–Crippen MR) is 38.4 cm³/mol. The molecule has 0 atom stereocenters. The van der Waals surface area contributed by atoms with Crippen LogP contribution >= 0.6 is 0 Å². The summed E-state index contributed by atoms with van der Waals surface area (Å²) in [7, 11) is 1.64. The van der Waals surface area contributed by atoms with Gasteiger partial charge in [0.05, 0.1) is 12.6 Å². The summed E-state index contributed by atoms with van der Waals surface area (Å²) in [5, 5.41) is 21.2. The maximum Gasteiger partial charge on any atom is 0.271 e. The third-order valence-electron chi connectivity index (χ3n) is 2.09. The molecule has 0 spiro atoms. The van der Waals surface area contributed by atoms with Gasteiger partial charge < -0.3 is 5.21 Å². The molecule has 0 aromatic carbocycles. The second-order valence-electron chi connectivity index (χ2n) is 3.05. The molecule has 0 fully saturated rings. The highest BCUT2D eigenvalue weighted by Crippen LogP contribution is 2.15. The summed E-state index contributed by atoms with van der Waals surface area (Å²) in [5.41, 5.74) is -0.221. The van der Waals surface area contributed by atoms with Gasteiger partial charge in [-0.05, 0) is 20.3 Å². The molecule has 0 saturated heterocycles. The van der Waals surface area contributed by atoms with E-state index < -0.39 is 0 Å². The van der Waals surface area contributed by atoms with Crippen LogP contribution in [-0.2, 0) is 0 Å². The molecule has 66 valence electrons. The second-order valence-corrected chi connectivity index (χ2v) is 3.05. The number of nitrogens with zero attached hydrogens (tertiary/aromatic N) is 3. The molecule has 0 amide bonds. The van der Waals surface area contributed by atoms with Gasteiger partial charge in [-0.2, -0.15) is 0 Å². The zero-order chi connectivity index (χ0) is 9.07. The van der Waals surface area contributed by atoms with Gasteiger partial charge >= 0.3 is 0 Å². The van der Waals surface area contributed by atoms with Crippen molar-refractivity contribution in [3.8, 4) is 0 Å². The molecule has 0 saturated carbocycles. The van der Waals surface area contributed by atoms with Crippen molar-refractivity contribution in [3.63, 3.8) is 0 Å². The van der Waals surface area contributed by atoms with Crippen LogP contribution in [0.5, 0.6) is 0 Å². The van der Waals surface area contributed by atoms with E-state index in [1.54, 1.807) is 7.05 Å². The molecule has 11 heavy (non-hydrogen) atoms. The van der Waals surface area contributed by atoms with Crippen molar-refractivity contribution >= 4 is 0 Å². The fourth-order valence-corrected chi connectivity index (χ4v) is 0.531. The molecule has 0 unspecified atom stereocenters. The Kier molecular flexibility index (Phi) is 3.10. The van der Waals surface area contributed by atoms with Crippen LogP contribution in [-0.4, -0.2) is 33.0 Å². The highest BCUT2D eigenvalue weighted by molar-refractivity contribution is 4.70. The molecule has 0 aromatic rings. The maximum absolute atomic E-state index is 8.94. The van der Waals surface area contributed by atoms with E-state index in [9.17, 15) is 0 Å². The van der Waals surface area contributed by atoms with Crippen LogP contribution in [0.1, 0.15) is 27.2 Å². The summed E-state index contributed by atoms with van der Waals surface area (Å²) in [4.78, 5) is 0.420. The van der Waals surface area contributed by atoms with Crippen LogP contribution in [0.2, 0.25) is 0 Å². The molecular formula is C6H16N3O2+. The Balaban J connectivity index is 4.35. The van der Waals surface area contributed by atoms with Gasteiger partial charge in [0.1, 0.15) is 0 Å². The van der Waals surface area contributed by atoms with Gasteiger partial charge in [-0.1, -0.05) is 6.92 Å². The molecule has 0 bridgehead atoms. The third kappa shape index (κ3) is 2.25. The summed E-state index contributed by atoms with van der Waals surface area (Å²) in [5.74, 6) is 0. The predicted octanol–water partition coefficient (Wildman–Crippen LogP) is 1.26. The minimum absolute atomic E-state index is 0.221. The number of hydrogen-bond acceptors (Lipinski definition) is 1. The first-order valence-electron chi connectivity index (χ1n) is 3.53. The van der Waals surface area contributed by atoms with Crippen LogP contribution in [0.3, 0.4) is 0 Å². The van der Waals surface area contributed by atoms with E-state index in [2.05, 4.69) is 5.28 Å². The lowest BCUT2D eigenvalue weighted by Gasteiger charge is -2.25. The molecule has 0 heterocycles. The first-order chi connectivity index (χ1) is 4.95. The maximum atomic E-state index is 8.94. The van der Waals surface area contributed by atoms with Gasteiger partial charge in [0, 0.05) is 0 Å².